The van der Waals surface area contributed by atoms with Gasteiger partial charge in [0.05, 0.1) is 0 Å². The molecule has 7 nitrogen and oxygen atoms in total. The van der Waals surface area contributed by atoms with Crippen molar-refractivity contribution in [1.29, 1.82) is 0 Å². The van der Waals surface area contributed by atoms with Crippen LogP contribution in [0.4, 0.5) is 11.4 Å². The molecule has 1 amide bonds. The van der Waals surface area contributed by atoms with E-state index in [0.717, 1.165) is 24.3 Å². The minimum atomic E-state index is -0.121. The van der Waals surface area contributed by atoms with Crippen molar-refractivity contribution in [3.63, 3.8) is 0 Å². The number of hydrogen-bond donors (Lipinski definition) is 1. The van der Waals surface area contributed by atoms with E-state index in [4.69, 9.17) is 0 Å². The normalized spacial score (nSPS) is 14.3. The Labute approximate surface area is 135 Å². The molecule has 7 heteroatoms. The van der Waals surface area contributed by atoms with Gasteiger partial charge in [0.25, 0.3) is 0 Å². The lowest BCUT2D eigenvalue weighted by Crippen LogP contribution is -2.22. The number of tetrazole rings is 1. The van der Waals surface area contributed by atoms with Crippen molar-refractivity contribution in [2.75, 3.05) is 23.3 Å². The van der Waals surface area contributed by atoms with Crippen LogP contribution in [0.2, 0.25) is 0 Å². The van der Waals surface area contributed by atoms with Gasteiger partial charge in [-0.3, -0.25) is 4.79 Å². The van der Waals surface area contributed by atoms with Crippen LogP contribution in [0.25, 0.3) is 0 Å². The molecule has 1 saturated heterocycles. The number of aromatic nitrogens is 4. The fourth-order valence-electron chi connectivity index (χ4n) is 2.89. The number of nitrogens with one attached hydrogen (secondary N) is 1. The maximum Gasteiger partial charge on any atom is 0.246 e. The number of amides is 1. The van der Waals surface area contributed by atoms with Crippen LogP contribution in [0.1, 0.15) is 31.2 Å². The maximum absolute atomic E-state index is 12.2. The molecule has 2 heterocycles. The largest absolute Gasteiger partial charge is 0.372 e. The second kappa shape index (κ2) is 6.76. The number of hydrogen-bond acceptors (Lipinski definition) is 5. The Bertz CT molecular complexity index is 690. The summed E-state index contributed by atoms with van der Waals surface area (Å²) < 4.78 is 1.53. The highest BCUT2D eigenvalue weighted by Gasteiger charge is 2.14. The number of nitrogens with zero attached hydrogens (tertiary/aromatic N) is 5. The molecule has 23 heavy (non-hydrogen) atoms. The third-order valence-electron chi connectivity index (χ3n) is 4.17. The summed E-state index contributed by atoms with van der Waals surface area (Å²) in [7, 11) is 0. The van der Waals surface area contributed by atoms with E-state index in [0.29, 0.717) is 12.2 Å². The van der Waals surface area contributed by atoms with Crippen LogP contribution >= 0.6 is 0 Å². The summed E-state index contributed by atoms with van der Waals surface area (Å²) in [6.07, 6.45) is 3.20. The standard InChI is InChI=1S/C16H22N6O/c1-3-15-18-19-20-22(15)11-16(23)17-14-7-6-13(10-12(14)2)21-8-4-5-9-21/h6-7,10H,3-5,8-9,11H2,1-2H3,(H,17,23). The first-order valence-electron chi connectivity index (χ1n) is 8.08. The van der Waals surface area contributed by atoms with Crippen LogP contribution < -0.4 is 10.2 Å². The third-order valence-corrected chi connectivity index (χ3v) is 4.17. The number of aryl methyl sites for hydroxylation is 2. The van der Waals surface area contributed by atoms with E-state index < -0.39 is 0 Å². The average Bonchev–Trinajstić information content (AvgIpc) is 3.20. The van der Waals surface area contributed by atoms with E-state index in [-0.39, 0.29) is 12.5 Å². The number of benzene rings is 1. The van der Waals surface area contributed by atoms with Gasteiger partial charge in [-0.15, -0.1) is 5.10 Å². The van der Waals surface area contributed by atoms with Gasteiger partial charge in [-0.25, -0.2) is 4.68 Å². The number of carbonyl (C=O) groups is 1. The van der Waals surface area contributed by atoms with Gasteiger partial charge in [-0.1, -0.05) is 6.92 Å². The van der Waals surface area contributed by atoms with Crippen molar-refractivity contribution >= 4 is 17.3 Å². The van der Waals surface area contributed by atoms with Crippen LogP contribution in [0.15, 0.2) is 18.2 Å². The average molecular weight is 314 g/mol. The van der Waals surface area contributed by atoms with Gasteiger partial charge in [-0.2, -0.15) is 0 Å². The molecule has 1 aliphatic rings. The fourth-order valence-corrected chi connectivity index (χ4v) is 2.89. The first kappa shape index (κ1) is 15.5. The topological polar surface area (TPSA) is 75.9 Å². The third kappa shape index (κ3) is 3.49. The van der Waals surface area contributed by atoms with Crippen LogP contribution in [-0.4, -0.2) is 39.2 Å². The Kier molecular flexibility index (Phi) is 4.55. The van der Waals surface area contributed by atoms with Gasteiger partial charge >= 0.3 is 0 Å². The van der Waals surface area contributed by atoms with Crippen molar-refractivity contribution in [2.45, 2.75) is 39.7 Å². The molecule has 1 aromatic carbocycles. The van der Waals surface area contributed by atoms with E-state index in [2.05, 4.69) is 37.9 Å². The molecule has 1 fully saturated rings. The highest BCUT2D eigenvalue weighted by Crippen LogP contribution is 2.25. The molecule has 0 unspecified atom stereocenters. The zero-order valence-corrected chi connectivity index (χ0v) is 13.6. The molecular weight excluding hydrogens is 292 g/mol. The predicted octanol–water partition coefficient (Wildman–Crippen LogP) is 1.78. The lowest BCUT2D eigenvalue weighted by molar-refractivity contribution is -0.117. The molecule has 0 radical (unpaired) electrons. The van der Waals surface area contributed by atoms with Gasteiger partial charge < -0.3 is 10.2 Å². The maximum atomic E-state index is 12.2. The Morgan fingerprint density at radius 2 is 2.09 bits per heavy atom. The van der Waals surface area contributed by atoms with Crippen molar-refractivity contribution in [1.82, 2.24) is 20.2 Å². The molecule has 0 saturated carbocycles. The van der Waals surface area contributed by atoms with Gasteiger partial charge in [0.15, 0.2) is 5.82 Å². The number of rotatable bonds is 5. The smallest absolute Gasteiger partial charge is 0.246 e. The fraction of sp³-hybridized carbons (Fsp3) is 0.500. The van der Waals surface area contributed by atoms with Crippen molar-refractivity contribution in [2.24, 2.45) is 0 Å². The SMILES string of the molecule is CCc1nnnn1CC(=O)Nc1ccc(N2CCCC2)cc1C. The Morgan fingerprint density at radius 1 is 1.30 bits per heavy atom. The summed E-state index contributed by atoms with van der Waals surface area (Å²) in [5.41, 5.74) is 3.13. The molecule has 0 bridgehead atoms. The van der Waals surface area contributed by atoms with E-state index in [1.165, 1.54) is 23.2 Å². The summed E-state index contributed by atoms with van der Waals surface area (Å²) in [6.45, 7) is 6.34. The number of carbonyl (C=O) groups excluding carboxylic acids is 1. The number of anilines is 2. The van der Waals surface area contributed by atoms with E-state index in [1.807, 2.05) is 19.9 Å². The van der Waals surface area contributed by atoms with E-state index in [9.17, 15) is 4.79 Å². The lowest BCUT2D eigenvalue weighted by atomic mass is 10.1. The molecule has 122 valence electrons. The van der Waals surface area contributed by atoms with E-state index >= 15 is 0 Å². The predicted molar refractivity (Wildman–Crippen MR) is 88.5 cm³/mol. The second-order valence-electron chi connectivity index (χ2n) is 5.85. The molecule has 1 aliphatic heterocycles. The van der Waals surface area contributed by atoms with E-state index in [1.54, 1.807) is 0 Å². The van der Waals surface area contributed by atoms with Gasteiger partial charge in [0.2, 0.25) is 5.91 Å². The summed E-state index contributed by atoms with van der Waals surface area (Å²) in [5, 5.41) is 14.3. The Hall–Kier alpha value is -2.44. The summed E-state index contributed by atoms with van der Waals surface area (Å²) in [4.78, 5) is 14.6. The highest BCUT2D eigenvalue weighted by atomic mass is 16.2. The Morgan fingerprint density at radius 3 is 2.78 bits per heavy atom. The molecule has 0 spiro atoms. The van der Waals surface area contributed by atoms with Crippen LogP contribution in [-0.2, 0) is 17.8 Å². The van der Waals surface area contributed by atoms with Crippen molar-refractivity contribution in [3.05, 3.63) is 29.6 Å². The van der Waals surface area contributed by atoms with Gasteiger partial charge in [-0.05, 0) is 54.0 Å². The lowest BCUT2D eigenvalue weighted by Gasteiger charge is -2.19. The first-order valence-corrected chi connectivity index (χ1v) is 8.08. The first-order chi connectivity index (χ1) is 11.2. The van der Waals surface area contributed by atoms with Crippen LogP contribution in [0.3, 0.4) is 0 Å². The molecule has 2 aromatic rings. The molecule has 0 aliphatic carbocycles. The zero-order valence-electron chi connectivity index (χ0n) is 13.6. The molecular formula is C16H22N6O. The second-order valence-corrected chi connectivity index (χ2v) is 5.85. The summed E-state index contributed by atoms with van der Waals surface area (Å²) >= 11 is 0. The molecule has 1 N–H and O–H groups in total. The minimum Gasteiger partial charge on any atom is -0.372 e. The van der Waals surface area contributed by atoms with Crippen LogP contribution in [0.5, 0.6) is 0 Å². The molecule has 0 atom stereocenters. The van der Waals surface area contributed by atoms with Crippen molar-refractivity contribution in [3.8, 4) is 0 Å². The molecule has 1 aromatic heterocycles. The minimum absolute atomic E-state index is 0.121. The highest BCUT2D eigenvalue weighted by molar-refractivity contribution is 5.91. The summed E-state index contributed by atoms with van der Waals surface area (Å²) in [6, 6.07) is 6.18. The van der Waals surface area contributed by atoms with Crippen molar-refractivity contribution < 1.29 is 4.79 Å². The Balaban J connectivity index is 1.66. The zero-order chi connectivity index (χ0) is 16.2. The van der Waals surface area contributed by atoms with Crippen LogP contribution in [0, 0.1) is 6.92 Å². The molecule has 3 rings (SSSR count). The quantitative estimate of drug-likeness (QED) is 0.910. The van der Waals surface area contributed by atoms with Gasteiger partial charge in [0.1, 0.15) is 6.54 Å². The van der Waals surface area contributed by atoms with Gasteiger partial charge in [0, 0.05) is 30.9 Å². The summed E-state index contributed by atoms with van der Waals surface area (Å²) in [5.74, 6) is 0.588. The monoisotopic (exact) mass is 314 g/mol.